The second-order valence-corrected chi connectivity index (χ2v) is 10.1. The van der Waals surface area contributed by atoms with Gasteiger partial charge in [-0.2, -0.15) is 0 Å². The maximum atomic E-state index is 12.9. The fourth-order valence-corrected chi connectivity index (χ4v) is 5.19. The average Bonchev–Trinajstić information content (AvgIpc) is 2.96. The number of amidine groups is 1. The number of fused-ring (bicyclic) bond motifs is 2. The normalized spacial score (nSPS) is 15.6. The molecule has 2 heterocycles. The van der Waals surface area contributed by atoms with Crippen molar-refractivity contribution in [3.8, 4) is 11.5 Å². The second kappa shape index (κ2) is 8.87. The van der Waals surface area contributed by atoms with Crippen molar-refractivity contribution in [2.75, 3.05) is 31.0 Å². The third-order valence-corrected chi connectivity index (χ3v) is 7.11. The third kappa shape index (κ3) is 4.65. The number of sulfonamides is 1. The molecule has 10 heteroatoms. The SMILES string of the molecule is O=S(=O)(Nc1ccc2c(c1)C(N1CCOCC1)=Nc1cc(Cl)ccc1O2)c1cccc(Cl)c1. The molecular formula is C23H19Cl2N3O4S. The van der Waals surface area contributed by atoms with E-state index in [9.17, 15) is 8.42 Å². The van der Waals surface area contributed by atoms with Gasteiger partial charge in [-0.3, -0.25) is 4.72 Å². The Morgan fingerprint density at radius 3 is 2.45 bits per heavy atom. The summed E-state index contributed by atoms with van der Waals surface area (Å²) in [6.07, 6.45) is 0. The van der Waals surface area contributed by atoms with Gasteiger partial charge in [-0.25, -0.2) is 13.4 Å². The van der Waals surface area contributed by atoms with Crippen molar-refractivity contribution in [3.63, 3.8) is 0 Å². The van der Waals surface area contributed by atoms with Crippen LogP contribution in [0.2, 0.25) is 10.0 Å². The van der Waals surface area contributed by atoms with Crippen molar-refractivity contribution in [2.24, 2.45) is 4.99 Å². The van der Waals surface area contributed by atoms with Gasteiger partial charge in [-0.15, -0.1) is 0 Å². The van der Waals surface area contributed by atoms with Gasteiger partial charge in [0.25, 0.3) is 10.0 Å². The van der Waals surface area contributed by atoms with E-state index in [-0.39, 0.29) is 4.90 Å². The van der Waals surface area contributed by atoms with Crippen LogP contribution in [-0.2, 0) is 14.8 Å². The van der Waals surface area contributed by atoms with Gasteiger partial charge >= 0.3 is 0 Å². The van der Waals surface area contributed by atoms with Crippen molar-refractivity contribution in [1.29, 1.82) is 0 Å². The molecule has 0 radical (unpaired) electrons. The number of nitrogens with zero attached hydrogens (tertiary/aromatic N) is 2. The number of hydrogen-bond acceptors (Lipinski definition) is 6. The number of nitrogens with one attached hydrogen (secondary N) is 1. The van der Waals surface area contributed by atoms with Gasteiger partial charge in [0, 0.05) is 28.8 Å². The molecular weight excluding hydrogens is 485 g/mol. The number of halogens is 2. The molecule has 0 aliphatic carbocycles. The van der Waals surface area contributed by atoms with E-state index in [0.717, 1.165) is 0 Å². The van der Waals surface area contributed by atoms with Crippen LogP contribution in [0.25, 0.3) is 0 Å². The molecule has 0 spiro atoms. The molecule has 0 unspecified atom stereocenters. The number of ether oxygens (including phenoxy) is 2. The topological polar surface area (TPSA) is 80.2 Å². The van der Waals surface area contributed by atoms with Crippen LogP contribution >= 0.6 is 23.2 Å². The van der Waals surface area contributed by atoms with E-state index in [1.54, 1.807) is 48.5 Å². The van der Waals surface area contributed by atoms with Crippen LogP contribution in [0.4, 0.5) is 11.4 Å². The minimum Gasteiger partial charge on any atom is -0.454 e. The quantitative estimate of drug-likeness (QED) is 0.523. The van der Waals surface area contributed by atoms with E-state index in [1.165, 1.54) is 12.1 Å². The van der Waals surface area contributed by atoms with Crippen LogP contribution in [0.15, 0.2) is 70.6 Å². The average molecular weight is 504 g/mol. The van der Waals surface area contributed by atoms with Crippen LogP contribution < -0.4 is 9.46 Å². The fourth-order valence-electron chi connectivity index (χ4n) is 3.68. The maximum absolute atomic E-state index is 12.9. The first-order valence-corrected chi connectivity index (χ1v) is 12.4. The molecule has 2 aliphatic rings. The van der Waals surface area contributed by atoms with E-state index < -0.39 is 10.0 Å². The molecule has 0 atom stereocenters. The largest absolute Gasteiger partial charge is 0.454 e. The summed E-state index contributed by atoms with van der Waals surface area (Å²) in [5.74, 6) is 1.79. The zero-order valence-electron chi connectivity index (χ0n) is 17.3. The van der Waals surface area contributed by atoms with Crippen LogP contribution in [0.5, 0.6) is 11.5 Å². The van der Waals surface area contributed by atoms with Crippen molar-refractivity contribution in [3.05, 3.63) is 76.3 Å². The Bertz CT molecular complexity index is 1360. The molecule has 3 aromatic rings. The van der Waals surface area contributed by atoms with Crippen LogP contribution in [0.1, 0.15) is 5.56 Å². The van der Waals surface area contributed by atoms with E-state index in [2.05, 4.69) is 9.62 Å². The Labute approximate surface area is 201 Å². The van der Waals surface area contributed by atoms with Crippen LogP contribution in [0, 0.1) is 0 Å². The van der Waals surface area contributed by atoms with Crippen molar-refractivity contribution in [1.82, 2.24) is 4.90 Å². The van der Waals surface area contributed by atoms with Crippen LogP contribution in [-0.4, -0.2) is 45.5 Å². The molecule has 33 heavy (non-hydrogen) atoms. The molecule has 0 bridgehead atoms. The van der Waals surface area contributed by atoms with Crippen molar-refractivity contribution < 1.29 is 17.9 Å². The number of benzene rings is 3. The van der Waals surface area contributed by atoms with Crippen LogP contribution in [0.3, 0.4) is 0 Å². The number of rotatable bonds is 3. The minimum atomic E-state index is -3.84. The van der Waals surface area contributed by atoms with E-state index in [4.69, 9.17) is 37.7 Å². The van der Waals surface area contributed by atoms with Gasteiger partial charge in [0.05, 0.1) is 23.7 Å². The molecule has 1 fully saturated rings. The lowest BCUT2D eigenvalue weighted by Crippen LogP contribution is -2.41. The number of hydrogen-bond donors (Lipinski definition) is 1. The standard InChI is InChI=1S/C23H19Cl2N3O4S/c24-15-2-1-3-18(12-15)33(29,30)27-17-5-7-21-19(14-17)23(28-8-10-31-11-9-28)26-20-13-16(25)4-6-22(20)32-21/h1-7,12-14,27H,8-11H2. The third-order valence-electron chi connectivity index (χ3n) is 5.26. The molecule has 1 N–H and O–H groups in total. The van der Waals surface area contributed by atoms with E-state index >= 15 is 0 Å². The van der Waals surface area contributed by atoms with E-state index in [0.29, 0.717) is 70.6 Å². The highest BCUT2D eigenvalue weighted by molar-refractivity contribution is 7.92. The zero-order valence-corrected chi connectivity index (χ0v) is 19.6. The molecule has 0 amide bonds. The summed E-state index contributed by atoms with van der Waals surface area (Å²) in [6, 6.07) is 16.4. The van der Waals surface area contributed by atoms with E-state index in [1.807, 2.05) is 0 Å². The lowest BCUT2D eigenvalue weighted by molar-refractivity contribution is 0.0683. The van der Waals surface area contributed by atoms with Gasteiger partial charge in [-0.1, -0.05) is 29.3 Å². The predicted molar refractivity (Wildman–Crippen MR) is 129 cm³/mol. The lowest BCUT2D eigenvalue weighted by Gasteiger charge is -2.30. The molecule has 3 aromatic carbocycles. The minimum absolute atomic E-state index is 0.0744. The Balaban J connectivity index is 1.57. The Hall–Kier alpha value is -2.78. The Morgan fingerprint density at radius 1 is 0.909 bits per heavy atom. The molecule has 2 aliphatic heterocycles. The smallest absolute Gasteiger partial charge is 0.261 e. The molecule has 5 rings (SSSR count). The fraction of sp³-hybridized carbons (Fsp3) is 0.174. The first-order valence-electron chi connectivity index (χ1n) is 10.2. The number of aliphatic imine (C=N–C) groups is 1. The van der Waals surface area contributed by atoms with Gasteiger partial charge < -0.3 is 14.4 Å². The van der Waals surface area contributed by atoms with Gasteiger partial charge in [0.2, 0.25) is 0 Å². The second-order valence-electron chi connectivity index (χ2n) is 7.52. The van der Waals surface area contributed by atoms with Crippen molar-refractivity contribution >= 4 is 50.4 Å². The summed E-state index contributed by atoms with van der Waals surface area (Å²) in [7, 11) is -3.84. The van der Waals surface area contributed by atoms with Gasteiger partial charge in [-0.05, 0) is 54.6 Å². The highest BCUT2D eigenvalue weighted by Gasteiger charge is 2.25. The Kier molecular flexibility index (Phi) is 5.92. The van der Waals surface area contributed by atoms with Gasteiger partial charge in [0.15, 0.2) is 5.75 Å². The lowest BCUT2D eigenvalue weighted by atomic mass is 10.1. The molecule has 7 nitrogen and oxygen atoms in total. The summed E-state index contributed by atoms with van der Waals surface area (Å²) in [6.45, 7) is 2.43. The predicted octanol–water partition coefficient (Wildman–Crippen LogP) is 5.31. The Morgan fingerprint density at radius 2 is 1.67 bits per heavy atom. The van der Waals surface area contributed by atoms with Gasteiger partial charge in [0.1, 0.15) is 17.3 Å². The highest BCUT2D eigenvalue weighted by Crippen LogP contribution is 2.40. The highest BCUT2D eigenvalue weighted by atomic mass is 35.5. The van der Waals surface area contributed by atoms with Crippen molar-refractivity contribution in [2.45, 2.75) is 4.90 Å². The molecule has 1 saturated heterocycles. The summed E-state index contributed by atoms with van der Waals surface area (Å²) >= 11 is 12.2. The summed E-state index contributed by atoms with van der Waals surface area (Å²) in [4.78, 5) is 7.02. The number of anilines is 1. The summed E-state index contributed by atoms with van der Waals surface area (Å²) < 4.78 is 40.1. The molecule has 0 saturated carbocycles. The first kappa shape index (κ1) is 22.0. The molecule has 0 aromatic heterocycles. The monoisotopic (exact) mass is 503 g/mol. The number of morpholine rings is 1. The summed E-state index contributed by atoms with van der Waals surface area (Å²) in [5, 5.41) is 0.884. The summed E-state index contributed by atoms with van der Waals surface area (Å²) in [5.41, 5.74) is 1.64. The molecule has 170 valence electrons. The zero-order chi connectivity index (χ0) is 23.0. The first-order chi connectivity index (χ1) is 15.9. The maximum Gasteiger partial charge on any atom is 0.261 e.